The zero-order valence-corrected chi connectivity index (χ0v) is 14.3. The fourth-order valence-electron chi connectivity index (χ4n) is 3.23. The van der Waals surface area contributed by atoms with Gasteiger partial charge < -0.3 is 9.80 Å². The Morgan fingerprint density at radius 2 is 2.00 bits per heavy atom. The number of hydrogen-bond donors (Lipinski definition) is 0. The second-order valence-electron chi connectivity index (χ2n) is 6.19. The van der Waals surface area contributed by atoms with Crippen LogP contribution in [0.1, 0.15) is 16.0 Å². The van der Waals surface area contributed by atoms with Crippen LogP contribution in [0.5, 0.6) is 0 Å². The molecule has 0 saturated carbocycles. The number of amidine groups is 1. The molecule has 6 heteroatoms. The molecule has 0 atom stereocenters. The van der Waals surface area contributed by atoms with Crippen molar-refractivity contribution in [3.63, 3.8) is 0 Å². The molecule has 0 spiro atoms. The molecule has 2 aliphatic heterocycles. The van der Waals surface area contributed by atoms with Gasteiger partial charge in [-0.2, -0.15) is 0 Å². The second kappa shape index (κ2) is 6.32. The third-order valence-corrected chi connectivity index (χ3v) is 5.60. The molecule has 0 aliphatic carbocycles. The van der Waals surface area contributed by atoms with E-state index >= 15 is 0 Å². The summed E-state index contributed by atoms with van der Waals surface area (Å²) in [5.41, 5.74) is 4.43. The summed E-state index contributed by atoms with van der Waals surface area (Å²) < 4.78 is 0. The van der Waals surface area contributed by atoms with Gasteiger partial charge in [0.2, 0.25) is 6.08 Å². The molecule has 1 aromatic heterocycles. The van der Waals surface area contributed by atoms with Crippen LogP contribution in [-0.2, 0) is 11.2 Å². The Hall–Kier alpha value is -2.27. The number of likely N-dealkylation sites (N-methyl/N-ethyl adjacent to an activating group) is 1. The highest BCUT2D eigenvalue weighted by molar-refractivity contribution is 7.12. The number of anilines is 1. The van der Waals surface area contributed by atoms with Gasteiger partial charge in [0.25, 0.3) is 0 Å². The first-order valence-corrected chi connectivity index (χ1v) is 8.92. The van der Waals surface area contributed by atoms with Crippen molar-refractivity contribution in [2.75, 3.05) is 38.1 Å². The highest BCUT2D eigenvalue weighted by Gasteiger charge is 2.20. The minimum Gasteiger partial charge on any atom is -0.369 e. The Bertz CT molecular complexity index is 842. The van der Waals surface area contributed by atoms with Crippen LogP contribution in [0.4, 0.5) is 11.4 Å². The lowest BCUT2D eigenvalue weighted by molar-refractivity contribution is 0.313. The molecule has 122 valence electrons. The predicted octanol–water partition coefficient (Wildman–Crippen LogP) is 2.82. The average molecular weight is 338 g/mol. The number of nitrogens with zero attached hydrogens (tertiary/aromatic N) is 4. The van der Waals surface area contributed by atoms with Crippen LogP contribution in [0.3, 0.4) is 0 Å². The van der Waals surface area contributed by atoms with E-state index in [4.69, 9.17) is 0 Å². The summed E-state index contributed by atoms with van der Waals surface area (Å²) in [6, 6.07) is 8.54. The minimum absolute atomic E-state index is 0.476. The predicted molar refractivity (Wildman–Crippen MR) is 97.6 cm³/mol. The molecule has 24 heavy (non-hydrogen) atoms. The first-order valence-electron chi connectivity index (χ1n) is 8.04. The van der Waals surface area contributed by atoms with Crippen molar-refractivity contribution in [2.45, 2.75) is 6.42 Å². The van der Waals surface area contributed by atoms with Crippen molar-refractivity contribution in [3.05, 3.63) is 45.6 Å². The third kappa shape index (κ3) is 2.80. The van der Waals surface area contributed by atoms with E-state index < -0.39 is 0 Å². The molecule has 1 fully saturated rings. The fraction of sp³-hybridized carbons (Fsp3) is 0.333. The zero-order chi connectivity index (χ0) is 16.5. The van der Waals surface area contributed by atoms with Gasteiger partial charge in [-0.1, -0.05) is 6.07 Å². The van der Waals surface area contributed by atoms with Crippen LogP contribution in [0.25, 0.3) is 0 Å². The lowest BCUT2D eigenvalue weighted by atomic mass is 10.0. The number of aliphatic imine (C=N–C) groups is 2. The highest BCUT2D eigenvalue weighted by Crippen LogP contribution is 2.34. The Morgan fingerprint density at radius 3 is 2.79 bits per heavy atom. The largest absolute Gasteiger partial charge is 0.369 e. The van der Waals surface area contributed by atoms with Gasteiger partial charge in [-0.15, -0.1) is 16.3 Å². The van der Waals surface area contributed by atoms with Gasteiger partial charge >= 0.3 is 0 Å². The maximum Gasteiger partial charge on any atom is 0.242 e. The van der Waals surface area contributed by atoms with Gasteiger partial charge in [-0.3, -0.25) is 0 Å². The maximum atomic E-state index is 10.8. The summed E-state index contributed by atoms with van der Waals surface area (Å²) >= 11 is 1.57. The first kappa shape index (κ1) is 15.3. The van der Waals surface area contributed by atoms with E-state index in [0.29, 0.717) is 5.84 Å². The summed E-state index contributed by atoms with van der Waals surface area (Å²) in [6.07, 6.45) is 2.46. The molecule has 0 N–H and O–H groups in total. The number of carbonyl (C=O) groups excluding carboxylic acids is 1. The zero-order valence-electron chi connectivity index (χ0n) is 13.5. The van der Waals surface area contributed by atoms with Crippen LogP contribution < -0.4 is 4.90 Å². The van der Waals surface area contributed by atoms with E-state index in [1.54, 1.807) is 17.4 Å². The van der Waals surface area contributed by atoms with Crippen LogP contribution in [-0.4, -0.2) is 50.0 Å². The van der Waals surface area contributed by atoms with Crippen LogP contribution >= 0.6 is 11.3 Å². The number of benzene rings is 1. The molecule has 1 aromatic carbocycles. The number of fused-ring (bicyclic) bond motifs is 2. The van der Waals surface area contributed by atoms with Gasteiger partial charge in [-0.25, -0.2) is 9.79 Å². The Morgan fingerprint density at radius 1 is 1.17 bits per heavy atom. The van der Waals surface area contributed by atoms with E-state index in [0.717, 1.165) is 43.2 Å². The van der Waals surface area contributed by atoms with Crippen molar-refractivity contribution in [1.82, 2.24) is 4.90 Å². The number of piperazine rings is 1. The van der Waals surface area contributed by atoms with Gasteiger partial charge in [0, 0.05) is 38.3 Å². The minimum atomic E-state index is 0.476. The van der Waals surface area contributed by atoms with Crippen molar-refractivity contribution in [3.8, 4) is 0 Å². The third-order valence-electron chi connectivity index (χ3n) is 4.65. The number of thiophene rings is 1. The van der Waals surface area contributed by atoms with Gasteiger partial charge in [-0.05, 0) is 41.8 Å². The van der Waals surface area contributed by atoms with E-state index in [-0.39, 0.29) is 0 Å². The lowest BCUT2D eigenvalue weighted by Crippen LogP contribution is -2.44. The molecule has 1 saturated heterocycles. The molecule has 3 heterocycles. The monoisotopic (exact) mass is 338 g/mol. The smallest absolute Gasteiger partial charge is 0.242 e. The van der Waals surface area contributed by atoms with Gasteiger partial charge in [0.15, 0.2) is 5.84 Å². The van der Waals surface area contributed by atoms with Gasteiger partial charge in [0.1, 0.15) is 0 Å². The molecule has 5 nitrogen and oxygen atoms in total. The van der Waals surface area contributed by atoms with Crippen molar-refractivity contribution < 1.29 is 4.79 Å². The van der Waals surface area contributed by atoms with Crippen molar-refractivity contribution >= 4 is 34.6 Å². The van der Waals surface area contributed by atoms with Gasteiger partial charge in [0.05, 0.1) is 10.6 Å². The fourth-order valence-corrected chi connectivity index (χ4v) is 4.08. The number of isocyanates is 1. The normalized spacial score (nSPS) is 17.4. The summed E-state index contributed by atoms with van der Waals surface area (Å²) in [6.45, 7) is 4.17. The van der Waals surface area contributed by atoms with Crippen LogP contribution in [0, 0.1) is 0 Å². The van der Waals surface area contributed by atoms with E-state index in [1.807, 2.05) is 5.38 Å². The number of hydrogen-bond acceptors (Lipinski definition) is 6. The molecule has 0 amide bonds. The summed E-state index contributed by atoms with van der Waals surface area (Å²) in [4.78, 5) is 25.0. The highest BCUT2D eigenvalue weighted by atomic mass is 32.1. The average Bonchev–Trinajstić information content (AvgIpc) is 2.99. The Kier molecular flexibility index (Phi) is 4.02. The van der Waals surface area contributed by atoms with E-state index in [1.165, 1.54) is 16.8 Å². The number of rotatable bonds is 1. The van der Waals surface area contributed by atoms with Crippen LogP contribution in [0.2, 0.25) is 0 Å². The molecule has 0 unspecified atom stereocenters. The summed E-state index contributed by atoms with van der Waals surface area (Å²) in [7, 11) is 2.15. The Balaban J connectivity index is 1.74. The molecule has 2 aromatic rings. The molecular formula is C18H18N4OS. The van der Waals surface area contributed by atoms with E-state index in [2.05, 4.69) is 51.1 Å². The lowest BCUT2D eigenvalue weighted by Gasteiger charge is -2.34. The molecule has 4 rings (SSSR count). The quantitative estimate of drug-likeness (QED) is 0.593. The maximum absolute atomic E-state index is 10.8. The molecular weight excluding hydrogens is 320 g/mol. The topological polar surface area (TPSA) is 48.3 Å². The van der Waals surface area contributed by atoms with Crippen LogP contribution in [0.15, 0.2) is 39.6 Å². The summed E-state index contributed by atoms with van der Waals surface area (Å²) in [5.74, 6) is 0.476. The van der Waals surface area contributed by atoms with Crippen molar-refractivity contribution in [2.24, 2.45) is 9.98 Å². The molecule has 0 radical (unpaired) electrons. The summed E-state index contributed by atoms with van der Waals surface area (Å²) in [5, 5.41) is 2.02. The standard InChI is InChI=1S/C18H18N4OS/c1-21-5-7-22(8-6-21)15-3-2-13-10-14-4-9-24-17(14)18(19-12-23)20-16(13)11-15/h2-4,9,11H,5-8,10H2,1H3. The van der Waals surface area contributed by atoms with E-state index in [9.17, 15) is 4.79 Å². The molecule has 2 aliphatic rings. The first-order chi connectivity index (χ1) is 11.7. The van der Waals surface area contributed by atoms with Crippen molar-refractivity contribution in [1.29, 1.82) is 0 Å². The second-order valence-corrected chi connectivity index (χ2v) is 7.11. The Labute approximate surface area is 145 Å². The SMILES string of the molecule is CN1CCN(c2ccc3c(c2)N=C(N=C=O)c2sccc2C3)CC1. The molecule has 0 bridgehead atoms.